The van der Waals surface area contributed by atoms with Gasteiger partial charge in [-0.05, 0) is 44.9 Å². The number of ether oxygens (including phenoxy) is 1. The third-order valence-corrected chi connectivity index (χ3v) is 7.92. The maximum atomic E-state index is 12.9. The van der Waals surface area contributed by atoms with E-state index in [0.717, 1.165) is 16.0 Å². The van der Waals surface area contributed by atoms with Gasteiger partial charge in [0.25, 0.3) is 10.0 Å². The van der Waals surface area contributed by atoms with E-state index in [4.69, 9.17) is 4.74 Å². The van der Waals surface area contributed by atoms with Gasteiger partial charge >= 0.3 is 0 Å². The average molecular weight is 464 g/mol. The second-order valence-electron chi connectivity index (χ2n) is 7.32. The van der Waals surface area contributed by atoms with Crippen LogP contribution in [0.1, 0.15) is 26.7 Å². The number of nitrogens with one attached hydrogen (secondary N) is 1. The molecule has 0 saturated carbocycles. The van der Waals surface area contributed by atoms with Crippen LogP contribution in [0.3, 0.4) is 0 Å². The summed E-state index contributed by atoms with van der Waals surface area (Å²) in [7, 11) is -3.73. The molecule has 0 unspecified atom stereocenters. The molecule has 1 atom stereocenters. The number of imidazole rings is 1. The van der Waals surface area contributed by atoms with E-state index in [0.29, 0.717) is 37.7 Å². The fourth-order valence-electron chi connectivity index (χ4n) is 3.58. The molecule has 1 aliphatic heterocycles. The number of hydrogen-bond acceptors (Lipinski definition) is 7. The van der Waals surface area contributed by atoms with Crippen molar-refractivity contribution in [3.63, 3.8) is 0 Å². The predicted molar refractivity (Wildman–Crippen MR) is 119 cm³/mol. The maximum Gasteiger partial charge on any atom is 0.262 e. The molecule has 1 saturated heterocycles. The Labute approximate surface area is 185 Å². The number of fused-ring (bicyclic) bond motifs is 1. The summed E-state index contributed by atoms with van der Waals surface area (Å²) in [6, 6.07) is 5.61. The Morgan fingerprint density at radius 3 is 2.94 bits per heavy atom. The van der Waals surface area contributed by atoms with Crippen LogP contribution in [0.15, 0.2) is 35.7 Å². The Morgan fingerprint density at radius 1 is 1.35 bits per heavy atom. The summed E-state index contributed by atoms with van der Waals surface area (Å²) in [5, 5.41) is 3.38. The zero-order valence-corrected chi connectivity index (χ0v) is 19.1. The number of thiazole rings is 1. The number of sulfonamides is 1. The van der Waals surface area contributed by atoms with Crippen LogP contribution >= 0.6 is 11.3 Å². The molecule has 1 fully saturated rings. The second kappa shape index (κ2) is 8.93. The highest BCUT2D eigenvalue weighted by Crippen LogP contribution is 2.30. The molecule has 0 bridgehead atoms. The number of piperidine rings is 1. The average Bonchev–Trinajstić information content (AvgIpc) is 3.40. The van der Waals surface area contributed by atoms with Gasteiger partial charge in [0.05, 0.1) is 29.1 Å². The van der Waals surface area contributed by atoms with Crippen LogP contribution < -0.4 is 10.1 Å². The number of carbonyl (C=O) groups is 1. The van der Waals surface area contributed by atoms with Crippen molar-refractivity contribution in [2.24, 2.45) is 5.92 Å². The molecule has 166 valence electrons. The summed E-state index contributed by atoms with van der Waals surface area (Å²) in [5.41, 5.74) is 0.781. The molecule has 11 heteroatoms. The number of nitrogens with zero attached hydrogens (tertiary/aromatic N) is 4. The lowest BCUT2D eigenvalue weighted by molar-refractivity contribution is -0.120. The van der Waals surface area contributed by atoms with E-state index in [1.165, 1.54) is 28.2 Å². The fourth-order valence-corrected chi connectivity index (χ4v) is 5.93. The Morgan fingerprint density at radius 2 is 2.19 bits per heavy atom. The molecule has 0 spiro atoms. The molecule has 2 aromatic heterocycles. The number of carbonyl (C=O) groups excluding carboxylic acids is 1. The summed E-state index contributed by atoms with van der Waals surface area (Å²) in [6.45, 7) is 5.57. The molecule has 3 heterocycles. The Hall–Kier alpha value is -2.50. The number of amides is 1. The highest BCUT2D eigenvalue weighted by molar-refractivity contribution is 7.89. The summed E-state index contributed by atoms with van der Waals surface area (Å²) >= 11 is 1.37. The molecule has 1 aliphatic rings. The minimum atomic E-state index is -3.73. The van der Waals surface area contributed by atoms with Gasteiger partial charge in [0.1, 0.15) is 5.75 Å². The molecule has 1 N–H and O–H groups in total. The van der Waals surface area contributed by atoms with Gasteiger partial charge in [-0.3, -0.25) is 4.79 Å². The minimum Gasteiger partial charge on any atom is -0.494 e. The molecule has 3 aromatic rings. The van der Waals surface area contributed by atoms with Crippen LogP contribution in [0.2, 0.25) is 0 Å². The van der Waals surface area contributed by atoms with Gasteiger partial charge in [0.15, 0.2) is 10.2 Å². The van der Waals surface area contributed by atoms with Gasteiger partial charge in [0, 0.05) is 25.8 Å². The van der Waals surface area contributed by atoms with Crippen molar-refractivity contribution in [1.29, 1.82) is 0 Å². The van der Waals surface area contributed by atoms with Crippen LogP contribution in [0, 0.1) is 5.92 Å². The lowest BCUT2D eigenvalue weighted by Gasteiger charge is -2.30. The number of benzene rings is 1. The predicted octanol–water partition coefficient (Wildman–Crippen LogP) is 2.95. The zero-order chi connectivity index (χ0) is 22.0. The topological polar surface area (TPSA) is 106 Å². The standard InChI is InChI=1S/C20H25N5O4S2/c1-3-24-12-18(21-13-24)31(27,28)25-9-5-6-14(11-25)19(26)23-20-22-16-8-7-15(29-4-2)10-17(16)30-20/h7-8,10,12-14H,3-6,9,11H2,1-2H3,(H,22,23,26)/t14-/m0/s1. The third kappa shape index (κ3) is 4.58. The van der Waals surface area contributed by atoms with Crippen molar-refractivity contribution in [3.8, 4) is 5.75 Å². The zero-order valence-electron chi connectivity index (χ0n) is 17.4. The number of anilines is 1. The number of aromatic nitrogens is 3. The number of rotatable bonds is 7. The highest BCUT2D eigenvalue weighted by atomic mass is 32.2. The normalized spacial score (nSPS) is 17.7. The van der Waals surface area contributed by atoms with E-state index in [1.54, 1.807) is 4.57 Å². The van der Waals surface area contributed by atoms with E-state index in [2.05, 4.69) is 15.3 Å². The molecular formula is C20H25N5O4S2. The Bertz CT molecular complexity index is 1190. The largest absolute Gasteiger partial charge is 0.494 e. The Balaban J connectivity index is 1.45. The number of aryl methyl sites for hydroxylation is 1. The maximum absolute atomic E-state index is 12.9. The minimum absolute atomic E-state index is 0.0201. The molecule has 31 heavy (non-hydrogen) atoms. The monoisotopic (exact) mass is 463 g/mol. The van der Waals surface area contributed by atoms with Gasteiger partial charge in [0.2, 0.25) is 5.91 Å². The molecular weight excluding hydrogens is 438 g/mol. The molecule has 4 rings (SSSR count). The Kier molecular flexibility index (Phi) is 6.26. The van der Waals surface area contributed by atoms with E-state index in [9.17, 15) is 13.2 Å². The smallest absolute Gasteiger partial charge is 0.262 e. The van der Waals surface area contributed by atoms with Gasteiger partial charge in [-0.15, -0.1) is 0 Å². The van der Waals surface area contributed by atoms with Gasteiger partial charge in [-0.1, -0.05) is 11.3 Å². The van der Waals surface area contributed by atoms with Gasteiger partial charge < -0.3 is 14.6 Å². The lowest BCUT2D eigenvalue weighted by atomic mass is 9.99. The van der Waals surface area contributed by atoms with Crippen molar-refractivity contribution < 1.29 is 17.9 Å². The first-order valence-electron chi connectivity index (χ1n) is 10.3. The highest BCUT2D eigenvalue weighted by Gasteiger charge is 2.34. The first kappa shape index (κ1) is 21.7. The van der Waals surface area contributed by atoms with Crippen LogP contribution in [0.25, 0.3) is 10.2 Å². The third-order valence-electron chi connectivity index (χ3n) is 5.23. The van der Waals surface area contributed by atoms with E-state index in [-0.39, 0.29) is 17.5 Å². The lowest BCUT2D eigenvalue weighted by Crippen LogP contribution is -2.43. The quantitative estimate of drug-likeness (QED) is 0.577. The van der Waals surface area contributed by atoms with Crippen molar-refractivity contribution in [2.75, 3.05) is 25.0 Å². The summed E-state index contributed by atoms with van der Waals surface area (Å²) < 4.78 is 35.4. The van der Waals surface area contributed by atoms with E-state index < -0.39 is 15.9 Å². The van der Waals surface area contributed by atoms with Crippen molar-refractivity contribution >= 4 is 42.6 Å². The van der Waals surface area contributed by atoms with Crippen molar-refractivity contribution in [1.82, 2.24) is 18.8 Å². The second-order valence-corrected chi connectivity index (χ2v) is 10.2. The van der Waals surface area contributed by atoms with Gasteiger partial charge in [-0.25, -0.2) is 18.4 Å². The fraction of sp³-hybridized carbons (Fsp3) is 0.450. The van der Waals surface area contributed by atoms with E-state index in [1.807, 2.05) is 32.0 Å². The van der Waals surface area contributed by atoms with Crippen LogP contribution in [0.5, 0.6) is 5.75 Å². The van der Waals surface area contributed by atoms with Crippen molar-refractivity contribution in [3.05, 3.63) is 30.7 Å². The van der Waals surface area contributed by atoms with Crippen LogP contribution in [-0.2, 0) is 21.4 Å². The summed E-state index contributed by atoms with van der Waals surface area (Å²) in [5.74, 6) is 0.0982. The number of hydrogen-bond donors (Lipinski definition) is 1. The molecule has 1 amide bonds. The van der Waals surface area contributed by atoms with Crippen LogP contribution in [0.4, 0.5) is 5.13 Å². The van der Waals surface area contributed by atoms with Crippen molar-refractivity contribution in [2.45, 2.75) is 38.3 Å². The summed E-state index contributed by atoms with van der Waals surface area (Å²) in [4.78, 5) is 21.4. The first-order chi connectivity index (χ1) is 14.9. The molecule has 0 aliphatic carbocycles. The van der Waals surface area contributed by atoms with Gasteiger partial charge in [-0.2, -0.15) is 4.31 Å². The first-order valence-corrected chi connectivity index (χ1v) is 12.5. The molecule has 0 radical (unpaired) electrons. The molecule has 1 aromatic carbocycles. The SMILES string of the molecule is CCOc1ccc2nc(NC(=O)[C@H]3CCCN(S(=O)(=O)c4cn(CC)cn4)C3)sc2c1. The van der Waals surface area contributed by atoms with Crippen LogP contribution in [-0.4, -0.2) is 52.9 Å². The molecule has 9 nitrogen and oxygen atoms in total. The summed E-state index contributed by atoms with van der Waals surface area (Å²) in [6.07, 6.45) is 4.27. The van der Waals surface area contributed by atoms with E-state index >= 15 is 0 Å².